The van der Waals surface area contributed by atoms with E-state index < -0.39 is 24.3 Å². The van der Waals surface area contributed by atoms with Crippen molar-refractivity contribution in [1.29, 1.82) is 0 Å². The zero-order valence-electron chi connectivity index (χ0n) is 17.2. The van der Waals surface area contributed by atoms with Gasteiger partial charge in [0, 0.05) is 23.3 Å². The summed E-state index contributed by atoms with van der Waals surface area (Å²) in [5.74, 6) is -0.947. The van der Waals surface area contributed by atoms with Crippen LogP contribution in [0, 0.1) is 11.8 Å². The Labute approximate surface area is 204 Å². The van der Waals surface area contributed by atoms with Crippen LogP contribution in [0.2, 0.25) is 5.02 Å². The second kappa shape index (κ2) is 14.2. The Bertz CT molecular complexity index is 711. The largest absolute Gasteiger partial charge is 1.00 e. The van der Waals surface area contributed by atoms with Gasteiger partial charge in [-0.05, 0) is 49.8 Å². The topological polar surface area (TPSA) is 110 Å². The number of ether oxygens (including phenoxy) is 1. The quantitative estimate of drug-likeness (QED) is 0.225. The van der Waals surface area contributed by atoms with E-state index in [0.717, 1.165) is 0 Å². The van der Waals surface area contributed by atoms with Gasteiger partial charge in [0.05, 0.1) is 12.2 Å². The summed E-state index contributed by atoms with van der Waals surface area (Å²) in [6.07, 6.45) is 6.93. The van der Waals surface area contributed by atoms with E-state index in [-0.39, 0.29) is 60.8 Å². The molecule has 1 fully saturated rings. The van der Waals surface area contributed by atoms with E-state index in [9.17, 15) is 25.2 Å². The Morgan fingerprint density at radius 2 is 2.07 bits per heavy atom. The number of hydrogen-bond donors (Lipinski definition) is 3. The molecule has 0 amide bonds. The van der Waals surface area contributed by atoms with Crippen LogP contribution in [-0.2, 0) is 4.79 Å². The number of carbonyl (C=O) groups is 1. The van der Waals surface area contributed by atoms with Crippen LogP contribution in [0.3, 0.4) is 0 Å². The van der Waals surface area contributed by atoms with Crippen LogP contribution in [-0.4, -0.2) is 46.2 Å². The molecule has 1 aromatic rings. The monoisotopic (exact) mass is 446 g/mol. The number of allylic oxidation sites excluding steroid dienone is 2. The zero-order valence-corrected chi connectivity index (χ0v) is 19.9. The fourth-order valence-corrected chi connectivity index (χ4v) is 3.67. The molecule has 3 N–H and O–H groups in total. The number of unbranched alkanes of at least 4 members (excludes halogenated alkanes) is 1. The molecule has 8 heteroatoms. The van der Waals surface area contributed by atoms with Gasteiger partial charge in [0.25, 0.3) is 0 Å². The number of benzene rings is 1. The van der Waals surface area contributed by atoms with Crippen LogP contribution < -0.4 is 39.4 Å². The first-order chi connectivity index (χ1) is 13.9. The van der Waals surface area contributed by atoms with E-state index in [1.807, 2.05) is 12.2 Å². The number of aliphatic hydroxyl groups excluding tert-OH is 3. The molecule has 0 spiro atoms. The Balaban J connectivity index is 0.00000450. The van der Waals surface area contributed by atoms with E-state index in [0.29, 0.717) is 30.0 Å². The summed E-state index contributed by atoms with van der Waals surface area (Å²) < 4.78 is 5.50. The fraction of sp³-hybridized carbons (Fsp3) is 0.500. The van der Waals surface area contributed by atoms with Crippen LogP contribution in [0.15, 0.2) is 48.6 Å². The molecule has 1 saturated carbocycles. The van der Waals surface area contributed by atoms with Gasteiger partial charge in [-0.15, -0.1) is 0 Å². The number of hydrogen-bond acceptors (Lipinski definition) is 6. The third-order valence-electron chi connectivity index (χ3n) is 5.01. The zero-order chi connectivity index (χ0) is 21.2. The second-order valence-corrected chi connectivity index (χ2v) is 7.74. The molecule has 0 aliphatic heterocycles. The molecule has 160 valence electrons. The summed E-state index contributed by atoms with van der Waals surface area (Å²) in [6, 6.07) is 6.89. The number of rotatable bonds is 11. The summed E-state index contributed by atoms with van der Waals surface area (Å²) in [4.78, 5) is 10.4. The molecule has 0 aromatic heterocycles. The van der Waals surface area contributed by atoms with E-state index in [1.165, 1.54) is 0 Å². The first kappa shape index (κ1) is 27.2. The van der Waals surface area contributed by atoms with Crippen molar-refractivity contribution in [1.82, 2.24) is 0 Å². The van der Waals surface area contributed by atoms with Crippen molar-refractivity contribution in [2.24, 2.45) is 11.8 Å². The normalized spacial score (nSPS) is 24.8. The van der Waals surface area contributed by atoms with Crippen molar-refractivity contribution in [3.05, 3.63) is 53.6 Å². The maximum absolute atomic E-state index is 10.4. The molecular weight excluding hydrogens is 419 g/mol. The Kier molecular flexibility index (Phi) is 12.9. The van der Waals surface area contributed by atoms with E-state index >= 15 is 0 Å². The fourth-order valence-electron chi connectivity index (χ4n) is 3.49. The summed E-state index contributed by atoms with van der Waals surface area (Å²) in [5, 5.41) is 41.6. The van der Waals surface area contributed by atoms with Crippen molar-refractivity contribution >= 4 is 17.6 Å². The number of aliphatic carboxylic acids is 1. The van der Waals surface area contributed by atoms with Crippen LogP contribution >= 0.6 is 11.6 Å². The number of halogens is 1. The Morgan fingerprint density at radius 1 is 1.30 bits per heavy atom. The molecule has 30 heavy (non-hydrogen) atoms. The average molecular weight is 447 g/mol. The first-order valence-corrected chi connectivity index (χ1v) is 10.2. The predicted octanol–water partition coefficient (Wildman–Crippen LogP) is -1.14. The molecule has 5 atom stereocenters. The van der Waals surface area contributed by atoms with Gasteiger partial charge in [-0.1, -0.05) is 42.0 Å². The minimum absolute atomic E-state index is 0. The Morgan fingerprint density at radius 3 is 2.77 bits per heavy atom. The average Bonchev–Trinajstić information content (AvgIpc) is 2.93. The molecule has 0 radical (unpaired) electrons. The van der Waals surface area contributed by atoms with E-state index in [2.05, 4.69) is 0 Å². The first-order valence-electron chi connectivity index (χ1n) is 9.82. The van der Waals surface area contributed by atoms with Crippen molar-refractivity contribution in [2.45, 2.75) is 50.4 Å². The minimum Gasteiger partial charge on any atom is -0.550 e. The van der Waals surface area contributed by atoms with Crippen LogP contribution in [0.5, 0.6) is 5.75 Å². The number of carboxylic acid groups (broad SMARTS) is 1. The maximum Gasteiger partial charge on any atom is 1.00 e. The molecule has 0 bridgehead atoms. The SMILES string of the molecule is O=C([O-])CCC/C=C/C[C@H]1[C@H](/C=C/[C@@H](O)COc2cccc(Cl)c2)[C@@H](O)C[C@H]1O.[Na+]. The molecule has 2 rings (SSSR count). The molecule has 1 aromatic carbocycles. The van der Waals surface area contributed by atoms with Gasteiger partial charge in [-0.2, -0.15) is 0 Å². The molecule has 0 saturated heterocycles. The molecule has 6 nitrogen and oxygen atoms in total. The standard InChI is InChI=1S/C22H29ClO6.Na/c23-15-6-5-7-17(12-15)29-14-16(24)10-11-19-18(20(25)13-21(19)26)8-3-1-2-4-9-22(27)28;/h1,3,5-7,10-12,16,18-21,24-26H,2,4,8-9,13-14H2,(H,27,28);/q;+1/p-1/b3-1+,11-10+;/t16-,18+,19+,20-,21+;/m1./s1. The molecular formula is C22H28ClNaO6. The van der Waals surface area contributed by atoms with Crippen molar-refractivity contribution in [2.75, 3.05) is 6.61 Å². The summed E-state index contributed by atoms with van der Waals surface area (Å²) in [7, 11) is 0. The van der Waals surface area contributed by atoms with Gasteiger partial charge in [0.2, 0.25) is 0 Å². The molecule has 1 aliphatic rings. The van der Waals surface area contributed by atoms with E-state index in [4.69, 9.17) is 16.3 Å². The van der Waals surface area contributed by atoms with Crippen molar-refractivity contribution in [3.8, 4) is 5.75 Å². The third kappa shape index (κ3) is 9.52. The van der Waals surface area contributed by atoms with Crippen molar-refractivity contribution < 1.29 is 59.5 Å². The van der Waals surface area contributed by atoms with Crippen molar-refractivity contribution in [3.63, 3.8) is 0 Å². The van der Waals surface area contributed by atoms with Gasteiger partial charge < -0.3 is 30.0 Å². The van der Waals surface area contributed by atoms with Crippen LogP contribution in [0.4, 0.5) is 0 Å². The molecule has 1 aliphatic carbocycles. The van der Waals surface area contributed by atoms with Crippen LogP contribution in [0.25, 0.3) is 0 Å². The summed E-state index contributed by atoms with van der Waals surface area (Å²) in [5.41, 5.74) is 0. The second-order valence-electron chi connectivity index (χ2n) is 7.30. The number of carboxylic acids is 1. The van der Waals surface area contributed by atoms with Gasteiger partial charge in [0.1, 0.15) is 18.5 Å². The third-order valence-corrected chi connectivity index (χ3v) is 5.25. The number of aliphatic hydroxyl groups is 3. The van der Waals surface area contributed by atoms with E-state index in [1.54, 1.807) is 36.4 Å². The van der Waals surface area contributed by atoms with Gasteiger partial charge >= 0.3 is 29.6 Å². The van der Waals surface area contributed by atoms with Gasteiger partial charge in [-0.3, -0.25) is 0 Å². The number of carbonyl (C=O) groups excluding carboxylic acids is 1. The van der Waals surface area contributed by atoms with Crippen LogP contribution in [0.1, 0.15) is 32.1 Å². The summed E-state index contributed by atoms with van der Waals surface area (Å²) >= 11 is 5.89. The predicted molar refractivity (Wildman–Crippen MR) is 108 cm³/mol. The molecule has 0 heterocycles. The summed E-state index contributed by atoms with van der Waals surface area (Å²) in [6.45, 7) is 0.0468. The van der Waals surface area contributed by atoms with Gasteiger partial charge in [-0.25, -0.2) is 0 Å². The Hall–Kier alpha value is -0.860. The minimum atomic E-state index is -1.06. The van der Waals surface area contributed by atoms with Gasteiger partial charge in [0.15, 0.2) is 0 Å². The molecule has 0 unspecified atom stereocenters. The maximum atomic E-state index is 10.4. The smallest absolute Gasteiger partial charge is 0.550 e.